The molecule has 1 fully saturated rings. The van der Waals surface area contributed by atoms with E-state index in [2.05, 4.69) is 10.3 Å². The lowest BCUT2D eigenvalue weighted by Gasteiger charge is -2.38. The summed E-state index contributed by atoms with van der Waals surface area (Å²) < 4.78 is 7.11. The molecule has 1 aromatic carbocycles. The van der Waals surface area contributed by atoms with Crippen molar-refractivity contribution in [2.45, 2.75) is 25.0 Å². The van der Waals surface area contributed by atoms with Crippen molar-refractivity contribution >= 4 is 5.91 Å². The number of aliphatic hydroxyl groups is 1. The summed E-state index contributed by atoms with van der Waals surface area (Å²) in [5.74, 6) is 0.581. The van der Waals surface area contributed by atoms with Gasteiger partial charge in [0, 0.05) is 35.9 Å². The van der Waals surface area contributed by atoms with E-state index in [-0.39, 0.29) is 24.0 Å². The summed E-state index contributed by atoms with van der Waals surface area (Å²) in [6, 6.07) is 14.9. The van der Waals surface area contributed by atoms with Gasteiger partial charge in [0.15, 0.2) is 0 Å². The summed E-state index contributed by atoms with van der Waals surface area (Å²) >= 11 is 0. The van der Waals surface area contributed by atoms with Crippen molar-refractivity contribution in [1.82, 2.24) is 14.9 Å². The number of nitrogens with zero attached hydrogens (tertiary/aromatic N) is 2. The van der Waals surface area contributed by atoms with E-state index in [0.29, 0.717) is 24.3 Å². The molecule has 2 N–H and O–H groups in total. The Balaban J connectivity index is 1.51. The van der Waals surface area contributed by atoms with Gasteiger partial charge >= 0.3 is 0 Å². The summed E-state index contributed by atoms with van der Waals surface area (Å²) in [6.45, 7) is 0. The first kappa shape index (κ1) is 18.3. The number of carbonyl (C=O) groups is 1. The fourth-order valence-electron chi connectivity index (χ4n) is 3.59. The highest BCUT2D eigenvalue weighted by atomic mass is 16.5. The number of nitrogens with one attached hydrogen (secondary N) is 1. The Kier molecular flexibility index (Phi) is 5.12. The summed E-state index contributed by atoms with van der Waals surface area (Å²) in [6.07, 6.45) is 6.70. The first-order chi connectivity index (χ1) is 13.6. The zero-order valence-electron chi connectivity index (χ0n) is 15.7. The second-order valence-corrected chi connectivity index (χ2v) is 7.11. The van der Waals surface area contributed by atoms with Crippen LogP contribution in [0, 0.1) is 5.92 Å². The smallest absolute Gasteiger partial charge is 0.251 e. The Labute approximate surface area is 163 Å². The monoisotopic (exact) mass is 377 g/mol. The van der Waals surface area contributed by atoms with Crippen LogP contribution in [0.2, 0.25) is 0 Å². The molecule has 0 radical (unpaired) electrons. The van der Waals surface area contributed by atoms with Crippen molar-refractivity contribution in [3.63, 3.8) is 0 Å². The maximum absolute atomic E-state index is 12.8. The number of aromatic nitrogens is 2. The van der Waals surface area contributed by atoms with Gasteiger partial charge in [-0.3, -0.25) is 4.79 Å². The van der Waals surface area contributed by atoms with Gasteiger partial charge < -0.3 is 19.7 Å². The standard InChI is InChI=1S/C22H23N3O3/c1-28-20-9-6-16(14-23-20)21(17-12-19(26)13-17)24-22(27)15-4-7-18(8-5-15)25-10-2-3-11-25/h2-11,14,17,19,21,26H,12-13H2,1H3,(H,24,27)/t17?,19?,21-/m0/s1. The van der Waals surface area contributed by atoms with E-state index < -0.39 is 0 Å². The molecule has 3 aromatic rings. The van der Waals surface area contributed by atoms with Crippen LogP contribution in [0.5, 0.6) is 5.88 Å². The Morgan fingerprint density at radius 1 is 1.18 bits per heavy atom. The molecule has 1 aliphatic rings. The minimum Gasteiger partial charge on any atom is -0.481 e. The largest absolute Gasteiger partial charge is 0.481 e. The van der Waals surface area contributed by atoms with Crippen LogP contribution >= 0.6 is 0 Å². The number of ether oxygens (including phenoxy) is 1. The van der Waals surface area contributed by atoms with Gasteiger partial charge in [0.05, 0.1) is 19.3 Å². The van der Waals surface area contributed by atoms with E-state index in [1.165, 1.54) is 0 Å². The van der Waals surface area contributed by atoms with Crippen LogP contribution in [0.4, 0.5) is 0 Å². The molecular formula is C22H23N3O3. The molecule has 0 bridgehead atoms. The average molecular weight is 377 g/mol. The predicted molar refractivity (Wildman–Crippen MR) is 105 cm³/mol. The number of amides is 1. The summed E-state index contributed by atoms with van der Waals surface area (Å²) in [4.78, 5) is 17.1. The number of rotatable bonds is 6. The molecule has 2 heterocycles. The van der Waals surface area contributed by atoms with Crippen LogP contribution in [0.15, 0.2) is 67.1 Å². The number of benzene rings is 1. The lowest BCUT2D eigenvalue weighted by atomic mass is 9.75. The number of aliphatic hydroxyl groups excluding tert-OH is 1. The van der Waals surface area contributed by atoms with Crippen LogP contribution in [0.3, 0.4) is 0 Å². The van der Waals surface area contributed by atoms with Crippen molar-refractivity contribution in [3.8, 4) is 11.6 Å². The van der Waals surface area contributed by atoms with E-state index in [4.69, 9.17) is 4.74 Å². The normalized spacial score (nSPS) is 19.5. The maximum Gasteiger partial charge on any atom is 0.251 e. The predicted octanol–water partition coefficient (Wildman–Crippen LogP) is 3.12. The van der Waals surface area contributed by atoms with Crippen LogP contribution < -0.4 is 10.1 Å². The maximum atomic E-state index is 12.8. The third kappa shape index (κ3) is 3.77. The van der Waals surface area contributed by atoms with E-state index in [9.17, 15) is 9.90 Å². The van der Waals surface area contributed by atoms with Crippen molar-refractivity contribution < 1.29 is 14.6 Å². The number of hydrogen-bond acceptors (Lipinski definition) is 4. The highest BCUT2D eigenvalue weighted by Crippen LogP contribution is 2.38. The molecule has 0 unspecified atom stereocenters. The Morgan fingerprint density at radius 3 is 2.46 bits per heavy atom. The van der Waals surface area contributed by atoms with E-state index in [1.807, 2.05) is 59.4 Å². The topological polar surface area (TPSA) is 76.4 Å². The number of carbonyl (C=O) groups excluding carboxylic acids is 1. The molecule has 1 atom stereocenters. The second kappa shape index (κ2) is 7.86. The molecule has 1 amide bonds. The van der Waals surface area contributed by atoms with Crippen molar-refractivity contribution in [2.75, 3.05) is 7.11 Å². The fraction of sp³-hybridized carbons (Fsp3) is 0.273. The van der Waals surface area contributed by atoms with Crippen molar-refractivity contribution in [2.24, 2.45) is 5.92 Å². The number of pyridine rings is 1. The van der Waals surface area contributed by atoms with Gasteiger partial charge in [0.1, 0.15) is 0 Å². The van der Waals surface area contributed by atoms with E-state index in [1.54, 1.807) is 19.4 Å². The highest BCUT2D eigenvalue weighted by Gasteiger charge is 2.36. The Bertz CT molecular complexity index is 915. The van der Waals surface area contributed by atoms with Crippen LogP contribution in [-0.4, -0.2) is 33.8 Å². The molecule has 6 nitrogen and oxygen atoms in total. The van der Waals surface area contributed by atoms with Crippen LogP contribution in [-0.2, 0) is 0 Å². The molecule has 0 saturated heterocycles. The van der Waals surface area contributed by atoms with Gasteiger partial charge in [-0.1, -0.05) is 6.07 Å². The zero-order chi connectivity index (χ0) is 19.5. The van der Waals surface area contributed by atoms with Gasteiger partial charge in [-0.2, -0.15) is 0 Å². The summed E-state index contributed by atoms with van der Waals surface area (Å²) in [7, 11) is 1.57. The number of hydrogen-bond donors (Lipinski definition) is 2. The zero-order valence-corrected chi connectivity index (χ0v) is 15.7. The average Bonchev–Trinajstić information content (AvgIpc) is 3.25. The Morgan fingerprint density at radius 2 is 1.89 bits per heavy atom. The first-order valence-corrected chi connectivity index (χ1v) is 9.36. The Hall–Kier alpha value is -3.12. The molecule has 1 saturated carbocycles. The molecule has 6 heteroatoms. The quantitative estimate of drug-likeness (QED) is 0.692. The van der Waals surface area contributed by atoms with Gasteiger partial charge in [-0.15, -0.1) is 0 Å². The van der Waals surface area contributed by atoms with E-state index >= 15 is 0 Å². The molecule has 2 aromatic heterocycles. The van der Waals surface area contributed by atoms with E-state index in [0.717, 1.165) is 11.3 Å². The van der Waals surface area contributed by atoms with Gasteiger partial charge in [0.25, 0.3) is 5.91 Å². The molecule has 0 aliphatic heterocycles. The lowest BCUT2D eigenvalue weighted by Crippen LogP contribution is -2.41. The number of methoxy groups -OCH3 is 1. The molecule has 28 heavy (non-hydrogen) atoms. The minimum absolute atomic E-state index is 0.138. The van der Waals surface area contributed by atoms with Crippen molar-refractivity contribution in [3.05, 3.63) is 78.2 Å². The van der Waals surface area contributed by atoms with Crippen molar-refractivity contribution in [1.29, 1.82) is 0 Å². The third-order valence-electron chi connectivity index (χ3n) is 5.27. The summed E-state index contributed by atoms with van der Waals surface area (Å²) in [5, 5.41) is 12.8. The molecular weight excluding hydrogens is 354 g/mol. The minimum atomic E-state index is -0.295. The summed E-state index contributed by atoms with van der Waals surface area (Å²) in [5.41, 5.74) is 2.51. The molecule has 4 rings (SSSR count). The molecule has 0 spiro atoms. The molecule has 144 valence electrons. The van der Waals surface area contributed by atoms with Crippen LogP contribution in [0.1, 0.15) is 34.8 Å². The first-order valence-electron chi connectivity index (χ1n) is 9.36. The fourth-order valence-corrected chi connectivity index (χ4v) is 3.59. The lowest BCUT2D eigenvalue weighted by molar-refractivity contribution is 0.0234. The van der Waals surface area contributed by atoms with Gasteiger partial charge in [-0.25, -0.2) is 4.98 Å². The van der Waals surface area contributed by atoms with Gasteiger partial charge in [0.2, 0.25) is 5.88 Å². The second-order valence-electron chi connectivity index (χ2n) is 7.11. The molecule has 1 aliphatic carbocycles. The van der Waals surface area contributed by atoms with Gasteiger partial charge in [-0.05, 0) is 60.7 Å². The van der Waals surface area contributed by atoms with Crippen LogP contribution in [0.25, 0.3) is 5.69 Å². The SMILES string of the molecule is COc1ccc([C@H](NC(=O)c2ccc(-n3cccc3)cc2)C2CC(O)C2)cn1. The highest BCUT2D eigenvalue weighted by molar-refractivity contribution is 5.94. The third-order valence-corrected chi connectivity index (χ3v) is 5.27.